The van der Waals surface area contributed by atoms with Crippen molar-refractivity contribution in [1.29, 1.82) is 0 Å². The van der Waals surface area contributed by atoms with Crippen LogP contribution in [0.5, 0.6) is 0 Å². The van der Waals surface area contributed by atoms with E-state index in [0.29, 0.717) is 10.8 Å². The molecule has 14 heavy (non-hydrogen) atoms. The molecule has 2 rings (SSSR count). The summed E-state index contributed by atoms with van der Waals surface area (Å²) in [5, 5.41) is 8.85. The standard InChI is InChI=1S/C10H11BrO2S/c11-7-5-8(10(12)13)14-9(7)6-3-1-2-4-6/h5-6H,1-4H2,(H,12,13). The molecule has 1 aliphatic carbocycles. The average Bonchev–Trinajstić information content (AvgIpc) is 2.71. The highest BCUT2D eigenvalue weighted by molar-refractivity contribution is 9.10. The van der Waals surface area contributed by atoms with Gasteiger partial charge in [0.2, 0.25) is 0 Å². The second-order valence-electron chi connectivity index (χ2n) is 3.61. The van der Waals surface area contributed by atoms with Crippen LogP contribution in [-0.4, -0.2) is 11.1 Å². The Morgan fingerprint density at radius 1 is 1.50 bits per heavy atom. The molecule has 0 bridgehead atoms. The van der Waals surface area contributed by atoms with E-state index in [2.05, 4.69) is 15.9 Å². The van der Waals surface area contributed by atoms with E-state index >= 15 is 0 Å². The van der Waals surface area contributed by atoms with E-state index < -0.39 is 5.97 Å². The van der Waals surface area contributed by atoms with Crippen molar-refractivity contribution in [3.8, 4) is 0 Å². The van der Waals surface area contributed by atoms with Crippen LogP contribution in [0.3, 0.4) is 0 Å². The van der Waals surface area contributed by atoms with Crippen molar-refractivity contribution >= 4 is 33.2 Å². The van der Waals surface area contributed by atoms with Crippen LogP contribution >= 0.6 is 27.3 Å². The number of carbonyl (C=O) groups is 1. The Kier molecular flexibility index (Phi) is 2.93. The number of carboxylic acid groups (broad SMARTS) is 1. The molecule has 1 aromatic rings. The smallest absolute Gasteiger partial charge is 0.345 e. The molecule has 1 heterocycles. The fourth-order valence-corrected chi connectivity index (χ4v) is 3.96. The molecule has 0 unspecified atom stereocenters. The number of rotatable bonds is 2. The van der Waals surface area contributed by atoms with Gasteiger partial charge in [-0.1, -0.05) is 12.8 Å². The molecular weight excluding hydrogens is 264 g/mol. The minimum Gasteiger partial charge on any atom is -0.477 e. The first kappa shape index (κ1) is 10.2. The van der Waals surface area contributed by atoms with Crippen LogP contribution in [-0.2, 0) is 0 Å². The van der Waals surface area contributed by atoms with E-state index in [-0.39, 0.29) is 0 Å². The number of hydrogen-bond acceptors (Lipinski definition) is 2. The van der Waals surface area contributed by atoms with Crippen molar-refractivity contribution in [3.63, 3.8) is 0 Å². The molecule has 0 radical (unpaired) electrons. The Morgan fingerprint density at radius 3 is 2.64 bits per heavy atom. The lowest BCUT2D eigenvalue weighted by atomic mass is 10.1. The van der Waals surface area contributed by atoms with Crippen LogP contribution < -0.4 is 0 Å². The largest absolute Gasteiger partial charge is 0.477 e. The van der Waals surface area contributed by atoms with Crippen molar-refractivity contribution in [2.45, 2.75) is 31.6 Å². The molecular formula is C10H11BrO2S. The first-order valence-corrected chi connectivity index (χ1v) is 6.32. The Hall–Kier alpha value is -0.350. The summed E-state index contributed by atoms with van der Waals surface area (Å²) in [6.45, 7) is 0. The zero-order valence-electron chi connectivity index (χ0n) is 7.62. The third-order valence-electron chi connectivity index (χ3n) is 2.65. The van der Waals surface area contributed by atoms with E-state index in [0.717, 1.165) is 4.47 Å². The first-order chi connectivity index (χ1) is 6.68. The summed E-state index contributed by atoms with van der Waals surface area (Å²) in [7, 11) is 0. The Labute approximate surface area is 95.1 Å². The van der Waals surface area contributed by atoms with E-state index in [1.807, 2.05) is 0 Å². The molecule has 0 spiro atoms. The lowest BCUT2D eigenvalue weighted by Crippen LogP contribution is -1.90. The van der Waals surface area contributed by atoms with Crippen LogP contribution in [0.2, 0.25) is 0 Å². The third kappa shape index (κ3) is 1.86. The summed E-state index contributed by atoms with van der Waals surface area (Å²) in [4.78, 5) is 12.4. The average molecular weight is 275 g/mol. The summed E-state index contributed by atoms with van der Waals surface area (Å²) in [5.41, 5.74) is 0. The number of carboxylic acids is 1. The Bertz CT molecular complexity index is 353. The summed E-state index contributed by atoms with van der Waals surface area (Å²) in [6, 6.07) is 1.72. The van der Waals surface area contributed by atoms with E-state index in [1.54, 1.807) is 6.07 Å². The molecule has 1 saturated carbocycles. The summed E-state index contributed by atoms with van der Waals surface area (Å²) < 4.78 is 0.979. The van der Waals surface area contributed by atoms with Crippen molar-refractivity contribution in [2.24, 2.45) is 0 Å². The second-order valence-corrected chi connectivity index (χ2v) is 5.55. The molecule has 76 valence electrons. The topological polar surface area (TPSA) is 37.3 Å². The summed E-state index contributed by atoms with van der Waals surface area (Å²) in [6.07, 6.45) is 4.96. The van der Waals surface area contributed by atoms with Crippen molar-refractivity contribution in [3.05, 3.63) is 20.3 Å². The van der Waals surface area contributed by atoms with Gasteiger partial charge in [-0.05, 0) is 40.8 Å². The zero-order chi connectivity index (χ0) is 10.1. The molecule has 2 nitrogen and oxygen atoms in total. The van der Waals surface area contributed by atoms with E-state index in [9.17, 15) is 4.79 Å². The van der Waals surface area contributed by atoms with Gasteiger partial charge in [0.15, 0.2) is 0 Å². The van der Waals surface area contributed by atoms with E-state index in [4.69, 9.17) is 5.11 Å². The predicted octanol–water partition coefficient (Wildman–Crippen LogP) is 3.87. The maximum Gasteiger partial charge on any atom is 0.345 e. The first-order valence-electron chi connectivity index (χ1n) is 4.71. The fourth-order valence-electron chi connectivity index (χ4n) is 1.95. The zero-order valence-corrected chi connectivity index (χ0v) is 10.0. The van der Waals surface area contributed by atoms with Crippen LogP contribution in [0, 0.1) is 0 Å². The van der Waals surface area contributed by atoms with Crippen molar-refractivity contribution in [2.75, 3.05) is 0 Å². The molecule has 1 N–H and O–H groups in total. The van der Waals surface area contributed by atoms with Gasteiger partial charge in [-0.15, -0.1) is 11.3 Å². The van der Waals surface area contributed by atoms with Crippen LogP contribution in [0.1, 0.15) is 46.2 Å². The highest BCUT2D eigenvalue weighted by Crippen LogP contribution is 2.42. The highest BCUT2D eigenvalue weighted by atomic mass is 79.9. The molecule has 0 atom stereocenters. The monoisotopic (exact) mass is 274 g/mol. The van der Waals surface area contributed by atoms with Crippen LogP contribution in [0.15, 0.2) is 10.5 Å². The summed E-state index contributed by atoms with van der Waals surface area (Å²) in [5.74, 6) is -0.234. The fraction of sp³-hybridized carbons (Fsp3) is 0.500. The van der Waals surface area contributed by atoms with Crippen LogP contribution in [0.25, 0.3) is 0 Å². The minimum absolute atomic E-state index is 0.443. The quantitative estimate of drug-likeness (QED) is 0.889. The molecule has 1 aromatic heterocycles. The third-order valence-corrected chi connectivity index (χ3v) is 4.85. The van der Waals surface area contributed by atoms with Crippen molar-refractivity contribution in [1.82, 2.24) is 0 Å². The van der Waals surface area contributed by atoms with Gasteiger partial charge < -0.3 is 5.11 Å². The Morgan fingerprint density at radius 2 is 2.14 bits per heavy atom. The maximum absolute atomic E-state index is 10.8. The van der Waals surface area contributed by atoms with Gasteiger partial charge in [-0.25, -0.2) is 4.79 Å². The molecule has 0 aliphatic heterocycles. The highest BCUT2D eigenvalue weighted by Gasteiger charge is 2.23. The van der Waals surface area contributed by atoms with Gasteiger partial charge in [-0.3, -0.25) is 0 Å². The summed E-state index contributed by atoms with van der Waals surface area (Å²) >= 11 is 4.86. The van der Waals surface area contributed by atoms with Gasteiger partial charge in [-0.2, -0.15) is 0 Å². The number of halogens is 1. The van der Waals surface area contributed by atoms with Gasteiger partial charge in [0.1, 0.15) is 4.88 Å². The van der Waals surface area contributed by atoms with Gasteiger partial charge in [0, 0.05) is 9.35 Å². The maximum atomic E-state index is 10.8. The molecule has 4 heteroatoms. The lowest BCUT2D eigenvalue weighted by Gasteiger charge is -2.05. The lowest BCUT2D eigenvalue weighted by molar-refractivity contribution is 0.0702. The molecule has 0 saturated heterocycles. The number of thiophene rings is 1. The van der Waals surface area contributed by atoms with Gasteiger partial charge >= 0.3 is 5.97 Å². The molecule has 1 aliphatic rings. The molecule has 0 aromatic carbocycles. The van der Waals surface area contributed by atoms with Crippen molar-refractivity contribution < 1.29 is 9.90 Å². The number of aromatic carboxylic acids is 1. The SMILES string of the molecule is O=C(O)c1cc(Br)c(C2CCCC2)s1. The predicted molar refractivity (Wildman–Crippen MR) is 60.2 cm³/mol. The van der Waals surface area contributed by atoms with E-state index in [1.165, 1.54) is 41.9 Å². The second kappa shape index (κ2) is 4.03. The van der Waals surface area contributed by atoms with Gasteiger partial charge in [0.25, 0.3) is 0 Å². The van der Waals surface area contributed by atoms with Gasteiger partial charge in [0.05, 0.1) is 0 Å². The van der Waals surface area contributed by atoms with Crippen LogP contribution in [0.4, 0.5) is 0 Å². The normalized spacial score (nSPS) is 17.5. The molecule has 0 amide bonds. The Balaban J connectivity index is 2.28. The minimum atomic E-state index is -0.819. The number of hydrogen-bond donors (Lipinski definition) is 1. The molecule has 1 fully saturated rings.